The van der Waals surface area contributed by atoms with Gasteiger partial charge in [0.25, 0.3) is 0 Å². The van der Waals surface area contributed by atoms with Gasteiger partial charge in [-0.3, -0.25) is 14.3 Å². The van der Waals surface area contributed by atoms with Gasteiger partial charge in [0.15, 0.2) is 11.0 Å². The molecule has 1 unspecified atom stereocenters. The molecular formula is C20H19ClF3N5O2S. The lowest BCUT2D eigenvalue weighted by atomic mass is 10.2. The van der Waals surface area contributed by atoms with Crippen molar-refractivity contribution >= 4 is 35.0 Å². The number of carbonyl (C=O) groups excluding carboxylic acids is 1. The Kier molecular flexibility index (Phi) is 7.29. The quantitative estimate of drug-likeness (QED) is 0.475. The molecule has 32 heavy (non-hydrogen) atoms. The van der Waals surface area contributed by atoms with Crippen LogP contribution in [-0.2, 0) is 11.3 Å². The molecule has 0 fully saturated rings. The molecule has 3 aromatic rings. The molecule has 12 heteroatoms. The van der Waals surface area contributed by atoms with Crippen LogP contribution in [0.25, 0.3) is 11.4 Å². The van der Waals surface area contributed by atoms with Crippen LogP contribution < -0.4 is 10.1 Å². The third-order valence-corrected chi connectivity index (χ3v) is 5.87. The van der Waals surface area contributed by atoms with Gasteiger partial charge in [-0.2, -0.15) is 13.2 Å². The Hall–Kier alpha value is -2.79. The molecule has 0 spiro atoms. The number of alkyl halides is 3. The van der Waals surface area contributed by atoms with Crippen molar-refractivity contribution in [2.75, 3.05) is 12.4 Å². The Morgan fingerprint density at radius 2 is 1.97 bits per heavy atom. The van der Waals surface area contributed by atoms with Gasteiger partial charge in [-0.05, 0) is 37.6 Å². The van der Waals surface area contributed by atoms with Crippen LogP contribution in [0.4, 0.5) is 18.9 Å². The number of benzene rings is 1. The number of amides is 1. The van der Waals surface area contributed by atoms with Crippen molar-refractivity contribution in [1.82, 2.24) is 19.7 Å². The minimum Gasteiger partial charge on any atom is -0.495 e. The molecule has 0 aliphatic heterocycles. The van der Waals surface area contributed by atoms with E-state index >= 15 is 0 Å². The Labute approximate surface area is 191 Å². The Bertz CT molecular complexity index is 1110. The first kappa shape index (κ1) is 23.9. The zero-order valence-electron chi connectivity index (χ0n) is 17.3. The summed E-state index contributed by atoms with van der Waals surface area (Å²) in [5.74, 6) is -0.0387. The van der Waals surface area contributed by atoms with Crippen molar-refractivity contribution in [3.63, 3.8) is 0 Å². The first-order valence-corrected chi connectivity index (χ1v) is 10.6. The van der Waals surface area contributed by atoms with E-state index in [4.69, 9.17) is 16.3 Å². The van der Waals surface area contributed by atoms with Gasteiger partial charge < -0.3 is 10.1 Å². The molecule has 0 aliphatic rings. The van der Waals surface area contributed by atoms with Gasteiger partial charge >= 0.3 is 6.18 Å². The van der Waals surface area contributed by atoms with E-state index in [1.807, 2.05) is 0 Å². The van der Waals surface area contributed by atoms with Crippen LogP contribution in [0.15, 0.2) is 41.8 Å². The number of thioether (sulfide) groups is 1. The first-order chi connectivity index (χ1) is 15.1. The number of hydrogen-bond donors (Lipinski definition) is 1. The number of aryl methyl sites for hydroxylation is 1. The SMILES string of the molecule is COc1cc(Cl)c(C)cc1NC(=O)C(C)Sc1nnc(-c2ccncc2)n1CC(F)(F)F. The molecule has 3 rings (SSSR count). The number of carbonyl (C=O) groups is 1. The summed E-state index contributed by atoms with van der Waals surface area (Å²) in [6, 6.07) is 6.31. The topological polar surface area (TPSA) is 81.9 Å². The normalized spacial score (nSPS) is 12.5. The molecule has 2 heterocycles. The van der Waals surface area contributed by atoms with Crippen LogP contribution in [0, 0.1) is 6.92 Å². The number of nitrogens with one attached hydrogen (secondary N) is 1. The minimum absolute atomic E-state index is 0.0314. The fraction of sp³-hybridized carbons (Fsp3) is 0.300. The Balaban J connectivity index is 1.84. The molecule has 7 nitrogen and oxygen atoms in total. The van der Waals surface area contributed by atoms with E-state index in [9.17, 15) is 18.0 Å². The van der Waals surface area contributed by atoms with E-state index in [1.54, 1.807) is 26.0 Å². The summed E-state index contributed by atoms with van der Waals surface area (Å²) in [5, 5.41) is 10.2. The smallest absolute Gasteiger partial charge is 0.406 e. The number of methoxy groups -OCH3 is 1. The van der Waals surface area contributed by atoms with Crippen LogP contribution in [0.3, 0.4) is 0 Å². The summed E-state index contributed by atoms with van der Waals surface area (Å²) in [6.07, 6.45) is -1.60. The molecule has 1 aromatic carbocycles. The van der Waals surface area contributed by atoms with Crippen LogP contribution in [0.1, 0.15) is 12.5 Å². The van der Waals surface area contributed by atoms with Crippen LogP contribution in [0.5, 0.6) is 5.75 Å². The van der Waals surface area contributed by atoms with E-state index in [2.05, 4.69) is 20.5 Å². The van der Waals surface area contributed by atoms with Gasteiger partial charge in [-0.1, -0.05) is 23.4 Å². The molecule has 170 valence electrons. The number of ether oxygens (including phenoxy) is 1. The molecule has 2 aromatic heterocycles. The van der Waals surface area contributed by atoms with E-state index < -0.39 is 23.9 Å². The summed E-state index contributed by atoms with van der Waals surface area (Å²) in [6.45, 7) is 2.04. The highest BCUT2D eigenvalue weighted by atomic mass is 35.5. The fourth-order valence-electron chi connectivity index (χ4n) is 2.79. The van der Waals surface area contributed by atoms with Crippen molar-refractivity contribution in [2.45, 2.75) is 37.0 Å². The van der Waals surface area contributed by atoms with Gasteiger partial charge in [0, 0.05) is 29.0 Å². The molecule has 0 saturated carbocycles. The highest BCUT2D eigenvalue weighted by molar-refractivity contribution is 8.00. The number of rotatable bonds is 7. The predicted molar refractivity (Wildman–Crippen MR) is 116 cm³/mol. The van der Waals surface area contributed by atoms with Crippen LogP contribution in [0.2, 0.25) is 5.02 Å². The summed E-state index contributed by atoms with van der Waals surface area (Å²) in [5.41, 5.74) is 1.57. The maximum Gasteiger partial charge on any atom is 0.406 e. The maximum absolute atomic E-state index is 13.2. The van der Waals surface area contributed by atoms with Crippen molar-refractivity contribution in [3.05, 3.63) is 47.2 Å². The van der Waals surface area contributed by atoms with Gasteiger partial charge in [0.05, 0.1) is 18.0 Å². The second-order valence-corrected chi connectivity index (χ2v) is 8.51. The van der Waals surface area contributed by atoms with Crippen LogP contribution >= 0.6 is 23.4 Å². The Morgan fingerprint density at radius 3 is 2.59 bits per heavy atom. The number of anilines is 1. The average Bonchev–Trinajstić information content (AvgIpc) is 3.11. The molecule has 1 N–H and O–H groups in total. The van der Waals surface area contributed by atoms with Crippen molar-refractivity contribution in [1.29, 1.82) is 0 Å². The molecule has 0 radical (unpaired) electrons. The van der Waals surface area contributed by atoms with Gasteiger partial charge in [-0.15, -0.1) is 10.2 Å². The number of pyridine rings is 1. The van der Waals surface area contributed by atoms with E-state index in [-0.39, 0.29) is 11.0 Å². The standard InChI is InChI=1S/C20H19ClF3N5O2S/c1-11-8-15(16(31-3)9-14(11)21)26-18(30)12(2)32-19-28-27-17(13-4-6-25-7-5-13)29(19)10-20(22,23)24/h4-9,12H,10H2,1-3H3,(H,26,30). The van der Waals surface area contributed by atoms with Gasteiger partial charge in [0.2, 0.25) is 5.91 Å². The molecule has 0 aliphatic carbocycles. The monoisotopic (exact) mass is 485 g/mol. The fourth-order valence-corrected chi connectivity index (χ4v) is 3.79. The predicted octanol–water partition coefficient (Wildman–Crippen LogP) is 4.99. The Morgan fingerprint density at radius 1 is 1.28 bits per heavy atom. The van der Waals surface area contributed by atoms with Crippen LogP contribution in [-0.4, -0.2) is 44.2 Å². The summed E-state index contributed by atoms with van der Waals surface area (Å²) in [7, 11) is 1.44. The molecular weight excluding hydrogens is 467 g/mol. The second kappa shape index (κ2) is 9.78. The third-order valence-electron chi connectivity index (χ3n) is 4.38. The molecule has 1 amide bonds. The largest absolute Gasteiger partial charge is 0.495 e. The summed E-state index contributed by atoms with van der Waals surface area (Å²) < 4.78 is 45.9. The van der Waals surface area contributed by atoms with Crippen molar-refractivity contribution in [3.8, 4) is 17.1 Å². The highest BCUT2D eigenvalue weighted by Crippen LogP contribution is 2.33. The third kappa shape index (κ3) is 5.71. The molecule has 0 saturated heterocycles. The number of hydrogen-bond acceptors (Lipinski definition) is 6. The zero-order chi connectivity index (χ0) is 23.5. The maximum atomic E-state index is 13.2. The first-order valence-electron chi connectivity index (χ1n) is 9.31. The van der Waals surface area contributed by atoms with E-state index in [1.165, 1.54) is 31.6 Å². The van der Waals surface area contributed by atoms with Crippen molar-refractivity contribution in [2.24, 2.45) is 0 Å². The minimum atomic E-state index is -4.50. The van der Waals surface area contributed by atoms with Crippen molar-refractivity contribution < 1.29 is 22.7 Å². The second-order valence-electron chi connectivity index (χ2n) is 6.79. The molecule has 0 bridgehead atoms. The summed E-state index contributed by atoms with van der Waals surface area (Å²) in [4.78, 5) is 16.6. The zero-order valence-corrected chi connectivity index (χ0v) is 18.8. The lowest BCUT2D eigenvalue weighted by Crippen LogP contribution is -2.24. The van der Waals surface area contributed by atoms with E-state index in [0.717, 1.165) is 21.9 Å². The number of nitrogens with zero attached hydrogens (tertiary/aromatic N) is 4. The molecule has 1 atom stereocenters. The van der Waals surface area contributed by atoms with E-state index in [0.29, 0.717) is 22.0 Å². The number of halogens is 4. The number of aromatic nitrogens is 4. The average molecular weight is 486 g/mol. The lowest BCUT2D eigenvalue weighted by molar-refractivity contribution is -0.141. The highest BCUT2D eigenvalue weighted by Gasteiger charge is 2.32. The lowest BCUT2D eigenvalue weighted by Gasteiger charge is -2.16. The summed E-state index contributed by atoms with van der Waals surface area (Å²) >= 11 is 6.95. The van der Waals surface area contributed by atoms with Gasteiger partial charge in [-0.25, -0.2) is 0 Å². The van der Waals surface area contributed by atoms with Gasteiger partial charge in [0.1, 0.15) is 12.3 Å².